The summed E-state index contributed by atoms with van der Waals surface area (Å²) in [6, 6.07) is 10.1. The number of pyridine rings is 1. The topological polar surface area (TPSA) is 41.9 Å². The number of anilines is 1. The summed E-state index contributed by atoms with van der Waals surface area (Å²) in [5, 5.41) is 0.952. The van der Waals surface area contributed by atoms with Gasteiger partial charge in [-0.25, -0.2) is 15.0 Å². The molecular weight excluding hydrogens is 316 g/mol. The molecule has 4 nitrogen and oxygen atoms in total. The van der Waals surface area contributed by atoms with E-state index in [1.54, 1.807) is 12.5 Å². The van der Waals surface area contributed by atoms with Gasteiger partial charge in [-0.15, -0.1) is 0 Å². The highest BCUT2D eigenvalue weighted by molar-refractivity contribution is 9.10. The molecule has 0 bridgehead atoms. The maximum Gasteiger partial charge on any atom is 0.163 e. The minimum Gasteiger partial charge on any atom is -0.378 e. The van der Waals surface area contributed by atoms with E-state index in [0.717, 1.165) is 26.8 Å². The van der Waals surface area contributed by atoms with Crippen molar-refractivity contribution in [3.8, 4) is 11.3 Å². The second kappa shape index (κ2) is 5.17. The van der Waals surface area contributed by atoms with Crippen LogP contribution in [0.25, 0.3) is 22.3 Å². The molecule has 0 fully saturated rings. The van der Waals surface area contributed by atoms with E-state index in [4.69, 9.17) is 0 Å². The van der Waals surface area contributed by atoms with Crippen molar-refractivity contribution >= 4 is 32.7 Å². The maximum atomic E-state index is 4.42. The molecule has 0 aliphatic heterocycles. The molecule has 2 aromatic heterocycles. The van der Waals surface area contributed by atoms with Crippen molar-refractivity contribution in [2.75, 3.05) is 19.0 Å². The van der Waals surface area contributed by atoms with Crippen LogP contribution in [0, 0.1) is 0 Å². The first-order valence-electron chi connectivity index (χ1n) is 6.20. The van der Waals surface area contributed by atoms with Crippen LogP contribution in [-0.2, 0) is 0 Å². The van der Waals surface area contributed by atoms with E-state index >= 15 is 0 Å². The van der Waals surface area contributed by atoms with Crippen LogP contribution in [0.1, 0.15) is 0 Å². The highest BCUT2D eigenvalue weighted by atomic mass is 79.9. The lowest BCUT2D eigenvalue weighted by Gasteiger charge is -2.14. The normalized spacial score (nSPS) is 10.8. The van der Waals surface area contributed by atoms with Crippen molar-refractivity contribution in [3.05, 3.63) is 47.3 Å². The molecule has 20 heavy (non-hydrogen) atoms. The van der Waals surface area contributed by atoms with E-state index < -0.39 is 0 Å². The third-order valence-electron chi connectivity index (χ3n) is 3.13. The first-order valence-corrected chi connectivity index (χ1v) is 6.99. The van der Waals surface area contributed by atoms with E-state index in [-0.39, 0.29) is 0 Å². The number of halogens is 1. The van der Waals surface area contributed by atoms with Crippen LogP contribution in [0.3, 0.4) is 0 Å². The molecule has 100 valence electrons. The van der Waals surface area contributed by atoms with E-state index in [0.29, 0.717) is 5.65 Å². The van der Waals surface area contributed by atoms with Gasteiger partial charge in [0.2, 0.25) is 0 Å². The van der Waals surface area contributed by atoms with Crippen LogP contribution < -0.4 is 4.90 Å². The molecule has 0 aliphatic carbocycles. The van der Waals surface area contributed by atoms with Crippen molar-refractivity contribution in [2.24, 2.45) is 0 Å². The van der Waals surface area contributed by atoms with Crippen LogP contribution in [-0.4, -0.2) is 29.0 Å². The van der Waals surface area contributed by atoms with Crippen molar-refractivity contribution in [1.82, 2.24) is 15.0 Å². The predicted octanol–water partition coefficient (Wildman–Crippen LogP) is 3.52. The Bertz CT molecular complexity index is 765. The summed E-state index contributed by atoms with van der Waals surface area (Å²) >= 11 is 3.63. The Kier molecular flexibility index (Phi) is 3.36. The van der Waals surface area contributed by atoms with Gasteiger partial charge in [0.15, 0.2) is 5.65 Å². The smallest absolute Gasteiger partial charge is 0.163 e. The Labute approximate surface area is 125 Å². The fourth-order valence-electron chi connectivity index (χ4n) is 2.08. The molecule has 3 aromatic rings. The molecule has 2 heterocycles. The molecule has 0 spiro atoms. The van der Waals surface area contributed by atoms with Gasteiger partial charge in [0, 0.05) is 41.4 Å². The summed E-state index contributed by atoms with van der Waals surface area (Å²) in [7, 11) is 4.04. The summed E-state index contributed by atoms with van der Waals surface area (Å²) < 4.78 is 1.01. The lowest BCUT2D eigenvalue weighted by Crippen LogP contribution is -2.08. The molecule has 3 rings (SSSR count). The van der Waals surface area contributed by atoms with Crippen LogP contribution in [0.4, 0.5) is 5.69 Å². The molecule has 0 N–H and O–H groups in total. The van der Waals surface area contributed by atoms with Gasteiger partial charge in [0.05, 0.1) is 5.69 Å². The quantitative estimate of drug-likeness (QED) is 0.721. The largest absolute Gasteiger partial charge is 0.378 e. The Morgan fingerprint density at radius 2 is 1.90 bits per heavy atom. The second-order valence-corrected chi connectivity index (χ2v) is 5.51. The summed E-state index contributed by atoms with van der Waals surface area (Å²) in [6.45, 7) is 0. The summed E-state index contributed by atoms with van der Waals surface area (Å²) in [4.78, 5) is 14.9. The number of rotatable bonds is 2. The molecule has 5 heteroatoms. The third-order valence-corrected chi connectivity index (χ3v) is 3.79. The molecule has 1 aromatic carbocycles. The second-order valence-electron chi connectivity index (χ2n) is 4.66. The Morgan fingerprint density at radius 1 is 1.05 bits per heavy atom. The van der Waals surface area contributed by atoms with E-state index in [2.05, 4.69) is 54.0 Å². The third kappa shape index (κ3) is 2.25. The van der Waals surface area contributed by atoms with Gasteiger partial charge >= 0.3 is 0 Å². The highest BCUT2D eigenvalue weighted by Crippen LogP contribution is 2.33. The molecule has 0 aliphatic rings. The minimum absolute atomic E-state index is 0.709. The minimum atomic E-state index is 0.709. The van der Waals surface area contributed by atoms with Gasteiger partial charge < -0.3 is 4.90 Å². The first kappa shape index (κ1) is 13.0. The van der Waals surface area contributed by atoms with Gasteiger partial charge in [-0.2, -0.15) is 0 Å². The van der Waals surface area contributed by atoms with Crippen molar-refractivity contribution < 1.29 is 0 Å². The molecular formula is C15H13BrN4. The molecule has 0 atom stereocenters. The van der Waals surface area contributed by atoms with Crippen LogP contribution in [0.15, 0.2) is 47.3 Å². The number of aromatic nitrogens is 3. The van der Waals surface area contributed by atoms with Gasteiger partial charge in [0.1, 0.15) is 6.33 Å². The van der Waals surface area contributed by atoms with Crippen LogP contribution >= 0.6 is 15.9 Å². The maximum absolute atomic E-state index is 4.42. The average molecular weight is 329 g/mol. The molecule has 0 saturated heterocycles. The molecule has 0 unspecified atom stereocenters. The number of hydrogen-bond acceptors (Lipinski definition) is 4. The zero-order valence-corrected chi connectivity index (χ0v) is 12.8. The van der Waals surface area contributed by atoms with Crippen LogP contribution in [0.2, 0.25) is 0 Å². The fraction of sp³-hybridized carbons (Fsp3) is 0.133. The number of fused-ring (bicyclic) bond motifs is 1. The van der Waals surface area contributed by atoms with E-state index in [1.165, 1.54) is 0 Å². The van der Waals surface area contributed by atoms with Crippen molar-refractivity contribution in [1.29, 1.82) is 0 Å². The fourth-order valence-corrected chi connectivity index (χ4v) is 2.64. The van der Waals surface area contributed by atoms with Crippen molar-refractivity contribution in [2.45, 2.75) is 0 Å². The van der Waals surface area contributed by atoms with E-state index in [9.17, 15) is 0 Å². The predicted molar refractivity (Wildman–Crippen MR) is 84.8 cm³/mol. The number of benzene rings is 1. The number of hydrogen-bond donors (Lipinski definition) is 0. The summed E-state index contributed by atoms with van der Waals surface area (Å²) in [5.74, 6) is 0. The Hall–Kier alpha value is -2.01. The van der Waals surface area contributed by atoms with Gasteiger partial charge in [0.25, 0.3) is 0 Å². The molecule has 0 amide bonds. The van der Waals surface area contributed by atoms with Gasteiger partial charge in [-0.05, 0) is 30.3 Å². The standard InChI is InChI=1S/C15H13BrN4/c1-20(2)10-5-6-11(13(16)8-10)14-12-4-3-7-17-15(12)19-9-18-14/h3-9H,1-2H3. The lowest BCUT2D eigenvalue weighted by atomic mass is 10.1. The van der Waals surface area contributed by atoms with Crippen molar-refractivity contribution in [3.63, 3.8) is 0 Å². The van der Waals surface area contributed by atoms with E-state index in [1.807, 2.05) is 26.2 Å². The Morgan fingerprint density at radius 3 is 2.65 bits per heavy atom. The molecule has 0 saturated carbocycles. The zero-order chi connectivity index (χ0) is 14.1. The SMILES string of the molecule is CN(C)c1ccc(-c2ncnc3ncccc23)c(Br)c1. The van der Waals surface area contributed by atoms with Gasteiger partial charge in [-0.1, -0.05) is 15.9 Å². The highest BCUT2D eigenvalue weighted by Gasteiger charge is 2.11. The average Bonchev–Trinajstić information content (AvgIpc) is 2.46. The zero-order valence-electron chi connectivity index (χ0n) is 11.2. The summed E-state index contributed by atoms with van der Waals surface area (Å²) in [6.07, 6.45) is 3.29. The Balaban J connectivity index is 2.21. The first-order chi connectivity index (χ1) is 9.66. The number of nitrogens with zero attached hydrogens (tertiary/aromatic N) is 4. The summed E-state index contributed by atoms with van der Waals surface area (Å²) in [5.41, 5.74) is 3.77. The lowest BCUT2D eigenvalue weighted by molar-refractivity contribution is 1.13. The van der Waals surface area contributed by atoms with Gasteiger partial charge in [-0.3, -0.25) is 0 Å². The monoisotopic (exact) mass is 328 g/mol. The molecule has 0 radical (unpaired) electrons. The van der Waals surface area contributed by atoms with Crippen LogP contribution in [0.5, 0.6) is 0 Å².